The molecule has 3 rings (SSSR count). The maximum absolute atomic E-state index is 13.8. The van der Waals surface area contributed by atoms with E-state index in [1.807, 2.05) is 11.6 Å². The first-order valence-electron chi connectivity index (χ1n) is 7.44. The van der Waals surface area contributed by atoms with Gasteiger partial charge in [0.05, 0.1) is 6.04 Å². The summed E-state index contributed by atoms with van der Waals surface area (Å²) in [7, 11) is 1.85. The fourth-order valence-corrected chi connectivity index (χ4v) is 2.55. The minimum absolute atomic E-state index is 0.182. The number of hydrogen-bond acceptors (Lipinski definition) is 2. The molecule has 1 unspecified atom stereocenters. The van der Waals surface area contributed by atoms with Crippen LogP contribution in [0.1, 0.15) is 23.0 Å². The Morgan fingerprint density at radius 2 is 1.75 bits per heavy atom. The van der Waals surface area contributed by atoms with Crippen LogP contribution in [-0.4, -0.2) is 9.55 Å². The smallest absolute Gasteiger partial charge is 0.130 e. The van der Waals surface area contributed by atoms with Gasteiger partial charge in [0, 0.05) is 37.6 Å². The van der Waals surface area contributed by atoms with Crippen LogP contribution in [0.15, 0.2) is 54.9 Å². The maximum atomic E-state index is 13.8. The zero-order chi connectivity index (χ0) is 17.1. The van der Waals surface area contributed by atoms with Crippen molar-refractivity contribution < 1.29 is 13.2 Å². The SMILES string of the molecule is Cn1ccnc1C(NCc1ccc(F)cc1F)c1ccc(F)cc1. The fourth-order valence-electron chi connectivity index (χ4n) is 2.55. The van der Waals surface area contributed by atoms with Gasteiger partial charge in [-0.1, -0.05) is 18.2 Å². The predicted molar refractivity (Wildman–Crippen MR) is 84.6 cm³/mol. The van der Waals surface area contributed by atoms with Crippen LogP contribution < -0.4 is 5.32 Å². The van der Waals surface area contributed by atoms with Gasteiger partial charge in [-0.05, 0) is 23.8 Å². The molecule has 1 heterocycles. The van der Waals surface area contributed by atoms with Crippen LogP contribution in [0.25, 0.3) is 0 Å². The molecule has 0 fully saturated rings. The molecular weight excluding hydrogens is 315 g/mol. The molecule has 0 aliphatic carbocycles. The molecule has 0 saturated carbocycles. The molecule has 0 radical (unpaired) electrons. The Bertz CT molecular complexity index is 828. The molecule has 0 saturated heterocycles. The molecule has 0 amide bonds. The summed E-state index contributed by atoms with van der Waals surface area (Å²) in [6.07, 6.45) is 3.46. The number of rotatable bonds is 5. The summed E-state index contributed by atoms with van der Waals surface area (Å²) in [6, 6.07) is 9.16. The van der Waals surface area contributed by atoms with Crippen molar-refractivity contribution in [3.05, 3.63) is 89.3 Å². The summed E-state index contributed by atoms with van der Waals surface area (Å²) in [5, 5.41) is 3.21. The van der Waals surface area contributed by atoms with E-state index in [0.29, 0.717) is 11.4 Å². The number of halogens is 3. The van der Waals surface area contributed by atoms with E-state index in [9.17, 15) is 13.2 Å². The van der Waals surface area contributed by atoms with Gasteiger partial charge < -0.3 is 4.57 Å². The summed E-state index contributed by atoms with van der Waals surface area (Å²) in [5.74, 6) is -0.846. The van der Waals surface area contributed by atoms with Crippen molar-refractivity contribution in [2.75, 3.05) is 0 Å². The summed E-state index contributed by atoms with van der Waals surface area (Å²) in [6.45, 7) is 0.182. The van der Waals surface area contributed by atoms with Gasteiger partial charge in [-0.2, -0.15) is 0 Å². The minimum atomic E-state index is -0.615. The number of nitrogens with zero attached hydrogens (tertiary/aromatic N) is 2. The highest BCUT2D eigenvalue weighted by Gasteiger charge is 2.18. The minimum Gasteiger partial charge on any atom is -0.336 e. The van der Waals surface area contributed by atoms with Crippen LogP contribution in [-0.2, 0) is 13.6 Å². The van der Waals surface area contributed by atoms with E-state index in [0.717, 1.165) is 11.6 Å². The molecule has 1 N–H and O–H groups in total. The van der Waals surface area contributed by atoms with Crippen LogP contribution in [0, 0.1) is 17.5 Å². The Morgan fingerprint density at radius 3 is 2.38 bits per heavy atom. The van der Waals surface area contributed by atoms with Gasteiger partial charge in [0.1, 0.15) is 23.3 Å². The zero-order valence-electron chi connectivity index (χ0n) is 13.0. The van der Waals surface area contributed by atoms with E-state index >= 15 is 0 Å². The van der Waals surface area contributed by atoms with Gasteiger partial charge in [0.25, 0.3) is 0 Å². The largest absolute Gasteiger partial charge is 0.336 e. The van der Waals surface area contributed by atoms with Crippen LogP contribution in [0.2, 0.25) is 0 Å². The standard InChI is InChI=1S/C18H16F3N3/c1-24-9-8-22-18(24)17(12-2-5-14(19)6-3-12)23-11-13-4-7-15(20)10-16(13)21/h2-10,17,23H,11H2,1H3. The van der Waals surface area contributed by atoms with E-state index in [1.54, 1.807) is 24.5 Å². The molecule has 6 heteroatoms. The Kier molecular flexibility index (Phi) is 4.66. The first-order chi connectivity index (χ1) is 11.5. The lowest BCUT2D eigenvalue weighted by Gasteiger charge is -2.19. The van der Waals surface area contributed by atoms with Crippen LogP contribution in [0.5, 0.6) is 0 Å². The van der Waals surface area contributed by atoms with Crippen molar-refractivity contribution >= 4 is 0 Å². The zero-order valence-corrected chi connectivity index (χ0v) is 13.0. The molecule has 0 aliphatic rings. The first kappa shape index (κ1) is 16.3. The van der Waals surface area contributed by atoms with Crippen LogP contribution in [0.3, 0.4) is 0 Å². The maximum Gasteiger partial charge on any atom is 0.130 e. The van der Waals surface area contributed by atoms with E-state index < -0.39 is 11.6 Å². The highest BCUT2D eigenvalue weighted by molar-refractivity contribution is 5.27. The van der Waals surface area contributed by atoms with Gasteiger partial charge >= 0.3 is 0 Å². The van der Waals surface area contributed by atoms with Gasteiger partial charge in [0.15, 0.2) is 0 Å². The number of benzene rings is 2. The Morgan fingerprint density at radius 1 is 1.04 bits per heavy atom. The molecule has 124 valence electrons. The van der Waals surface area contributed by atoms with Crippen molar-refractivity contribution in [1.82, 2.24) is 14.9 Å². The van der Waals surface area contributed by atoms with Gasteiger partial charge in [0.2, 0.25) is 0 Å². The first-order valence-corrected chi connectivity index (χ1v) is 7.44. The summed E-state index contributed by atoms with van der Waals surface area (Å²) in [5.41, 5.74) is 1.14. The summed E-state index contributed by atoms with van der Waals surface area (Å²) in [4.78, 5) is 4.32. The van der Waals surface area contributed by atoms with E-state index in [1.165, 1.54) is 24.3 Å². The third-order valence-electron chi connectivity index (χ3n) is 3.83. The molecule has 0 bridgehead atoms. The molecule has 2 aromatic carbocycles. The summed E-state index contributed by atoms with van der Waals surface area (Å²) < 4.78 is 41.9. The number of imidazole rings is 1. The van der Waals surface area contributed by atoms with Gasteiger partial charge in [-0.15, -0.1) is 0 Å². The van der Waals surface area contributed by atoms with Crippen molar-refractivity contribution in [2.45, 2.75) is 12.6 Å². The second kappa shape index (κ2) is 6.88. The van der Waals surface area contributed by atoms with Crippen molar-refractivity contribution in [3.8, 4) is 0 Å². The monoisotopic (exact) mass is 331 g/mol. The number of hydrogen-bond donors (Lipinski definition) is 1. The van der Waals surface area contributed by atoms with Gasteiger partial charge in [-0.25, -0.2) is 18.2 Å². The Hall–Kier alpha value is -2.60. The average molecular weight is 331 g/mol. The normalized spacial score (nSPS) is 12.3. The van der Waals surface area contributed by atoms with Crippen LogP contribution in [0.4, 0.5) is 13.2 Å². The second-order valence-corrected chi connectivity index (χ2v) is 5.50. The predicted octanol–water partition coefficient (Wildman–Crippen LogP) is 3.72. The number of aryl methyl sites for hydroxylation is 1. The molecule has 3 aromatic rings. The summed E-state index contributed by atoms with van der Waals surface area (Å²) >= 11 is 0. The molecule has 1 atom stereocenters. The van der Waals surface area contributed by atoms with Crippen molar-refractivity contribution in [1.29, 1.82) is 0 Å². The molecule has 3 nitrogen and oxygen atoms in total. The molecule has 0 aliphatic heterocycles. The lowest BCUT2D eigenvalue weighted by Crippen LogP contribution is -2.25. The molecular formula is C18H16F3N3. The molecule has 24 heavy (non-hydrogen) atoms. The van der Waals surface area contributed by atoms with E-state index in [-0.39, 0.29) is 18.4 Å². The topological polar surface area (TPSA) is 29.9 Å². The number of aromatic nitrogens is 2. The van der Waals surface area contributed by atoms with Crippen molar-refractivity contribution in [2.24, 2.45) is 7.05 Å². The highest BCUT2D eigenvalue weighted by Crippen LogP contribution is 2.22. The molecule has 1 aromatic heterocycles. The van der Waals surface area contributed by atoms with Crippen molar-refractivity contribution in [3.63, 3.8) is 0 Å². The quantitative estimate of drug-likeness (QED) is 0.772. The third-order valence-corrected chi connectivity index (χ3v) is 3.83. The Labute approximate surface area is 137 Å². The lowest BCUT2D eigenvalue weighted by atomic mass is 10.1. The van der Waals surface area contributed by atoms with E-state index in [2.05, 4.69) is 10.3 Å². The fraction of sp³-hybridized carbons (Fsp3) is 0.167. The lowest BCUT2D eigenvalue weighted by molar-refractivity contribution is 0.526. The molecule has 0 spiro atoms. The van der Waals surface area contributed by atoms with E-state index in [4.69, 9.17) is 0 Å². The highest BCUT2D eigenvalue weighted by atomic mass is 19.1. The second-order valence-electron chi connectivity index (χ2n) is 5.50. The average Bonchev–Trinajstić information content (AvgIpc) is 2.97. The van der Waals surface area contributed by atoms with Crippen LogP contribution >= 0.6 is 0 Å². The number of nitrogens with one attached hydrogen (secondary N) is 1. The Balaban J connectivity index is 1.88. The third kappa shape index (κ3) is 3.49. The van der Waals surface area contributed by atoms with Gasteiger partial charge in [-0.3, -0.25) is 5.32 Å².